The molecule has 0 aromatic heterocycles. The van der Waals surface area contributed by atoms with Crippen molar-refractivity contribution in [3.63, 3.8) is 0 Å². The molecule has 0 amide bonds. The number of carbonyl (C=O) groups is 3. The summed E-state index contributed by atoms with van der Waals surface area (Å²) < 4.78 is 59.9. The van der Waals surface area contributed by atoms with Crippen molar-refractivity contribution in [3.05, 3.63) is 11.6 Å². The monoisotopic (exact) mass is 1220 g/mol. The third-order valence-corrected chi connectivity index (χ3v) is 22.6. The zero-order valence-corrected chi connectivity index (χ0v) is 49.7. The van der Waals surface area contributed by atoms with Gasteiger partial charge < -0.3 is 114 Å². The van der Waals surface area contributed by atoms with Gasteiger partial charge in [-0.05, 0) is 111 Å². The van der Waals surface area contributed by atoms with Gasteiger partial charge in [-0.25, -0.2) is 0 Å². The van der Waals surface area contributed by atoms with E-state index in [0.29, 0.717) is 51.4 Å². The smallest absolute Gasteiger partial charge is 0.315 e. The maximum atomic E-state index is 15.4. The quantitative estimate of drug-likeness (QED) is 0.0643. The summed E-state index contributed by atoms with van der Waals surface area (Å²) in [4.78, 5) is 42.3. The molecular formula is C59H92O26. The minimum absolute atomic E-state index is 0.0971. The van der Waals surface area contributed by atoms with E-state index < -0.39 is 219 Å². The van der Waals surface area contributed by atoms with E-state index in [2.05, 4.69) is 40.7 Å². The Morgan fingerprint density at radius 3 is 1.76 bits per heavy atom. The maximum Gasteiger partial charge on any atom is 0.315 e. The number of ether oxygens (including phenoxy) is 10. The molecule has 1 unspecified atom stereocenters. The highest BCUT2D eigenvalue weighted by molar-refractivity contribution is 5.79. The predicted octanol–water partition coefficient (Wildman–Crippen LogP) is -1.78. The lowest BCUT2D eigenvalue weighted by Gasteiger charge is -2.72. The lowest BCUT2D eigenvalue weighted by molar-refractivity contribution is -0.384. The van der Waals surface area contributed by atoms with Gasteiger partial charge in [0.05, 0.1) is 68.6 Å². The normalized spacial score (nSPS) is 54.2. The molecule has 85 heavy (non-hydrogen) atoms. The second-order valence-electron chi connectivity index (χ2n) is 28.6. The van der Waals surface area contributed by atoms with Crippen LogP contribution in [0.1, 0.15) is 126 Å². The summed E-state index contributed by atoms with van der Waals surface area (Å²) in [6.45, 7) is 12.5. The van der Waals surface area contributed by atoms with Crippen LogP contribution in [0.15, 0.2) is 11.6 Å². The molecule has 12 bridgehead atoms. The van der Waals surface area contributed by atoms with Crippen molar-refractivity contribution < 1.29 is 128 Å². The SMILES string of the molecule is C[C@@H]1O[C@H]2O[C@H]3[C@@H](OC[C@H](O)[C@@H]3O)OC(=O)[C@]34CCC(C)(C)C[C@H]3C3=CC[C@@H]5[C@@]6(C)C[C@H](O)[C@H](O[C@@H]7O[C@H](CO)[C@@H](O)[C@H](O)[C@H]7O[C@@H]7O[C@H](CO)[C@H](OC(=O)CC(C)(O)CC(=O)O[C@@H]1[C@@H](O)[C@H]2O)[C@H](O)[C@H]7O)[C@@](C)(CO)[C@@H]6CC[C@@]5(C)[C@]3(C)CC4. The number of hydrogen-bond acceptors (Lipinski definition) is 26. The van der Waals surface area contributed by atoms with Crippen LogP contribution in [0.4, 0.5) is 0 Å². The molecule has 5 aliphatic carbocycles. The minimum atomic E-state index is -2.27. The van der Waals surface area contributed by atoms with Crippen molar-refractivity contribution in [3.8, 4) is 0 Å². The summed E-state index contributed by atoms with van der Waals surface area (Å²) >= 11 is 0. The second kappa shape index (κ2) is 23.5. The van der Waals surface area contributed by atoms with E-state index in [9.17, 15) is 76.0 Å². The predicted molar refractivity (Wildman–Crippen MR) is 286 cm³/mol. The molecule has 30 atom stereocenters. The van der Waals surface area contributed by atoms with E-state index in [-0.39, 0.29) is 29.6 Å². The fourth-order valence-electron chi connectivity index (χ4n) is 17.6. The number of rotatable bonds is 3. The average molecular weight is 1220 g/mol. The first kappa shape index (κ1) is 65.3. The Morgan fingerprint density at radius 2 is 1.13 bits per heavy atom. The number of aliphatic hydroxyl groups is 13. The number of hydrogen-bond donors (Lipinski definition) is 13. The summed E-state index contributed by atoms with van der Waals surface area (Å²) in [5.41, 5.74) is -5.30. The van der Waals surface area contributed by atoms with Crippen LogP contribution in [-0.4, -0.2) is 245 Å². The van der Waals surface area contributed by atoms with Crippen molar-refractivity contribution in [2.24, 2.45) is 50.2 Å². The molecule has 1 spiro atoms. The van der Waals surface area contributed by atoms with Crippen molar-refractivity contribution in [1.29, 1.82) is 0 Å². The molecule has 26 nitrogen and oxygen atoms in total. The van der Waals surface area contributed by atoms with E-state index >= 15 is 4.79 Å². The molecule has 12 heterocycles. The molecule has 17 aliphatic rings. The van der Waals surface area contributed by atoms with Crippen molar-refractivity contribution >= 4 is 17.9 Å². The first-order valence-corrected chi connectivity index (χ1v) is 30.3. The van der Waals surface area contributed by atoms with E-state index in [4.69, 9.17) is 47.4 Å². The Morgan fingerprint density at radius 1 is 0.553 bits per heavy atom. The topological polar surface area (TPSA) is 407 Å². The van der Waals surface area contributed by atoms with E-state index in [0.717, 1.165) is 12.5 Å². The molecule has 12 aliphatic heterocycles. The van der Waals surface area contributed by atoms with Crippen molar-refractivity contribution in [1.82, 2.24) is 0 Å². The minimum Gasteiger partial charge on any atom is -0.457 e. The molecule has 484 valence electrons. The van der Waals surface area contributed by atoms with Crippen LogP contribution < -0.4 is 0 Å². The molecule has 0 radical (unpaired) electrons. The molecule has 7 saturated heterocycles. The second-order valence-corrected chi connectivity index (χ2v) is 28.6. The van der Waals surface area contributed by atoms with Crippen molar-refractivity contribution in [2.75, 3.05) is 26.4 Å². The molecule has 0 aromatic rings. The lowest BCUT2D eigenvalue weighted by Crippen LogP contribution is -2.70. The van der Waals surface area contributed by atoms with Gasteiger partial charge in [0, 0.05) is 5.41 Å². The molecule has 4 saturated carbocycles. The standard InChI is InChI=1S/C59H92O26/c1-25-43-39(70)41(72)48(77-25)82-45-36(67)29(64)23-76-50(45)85-52(74)59-15-13-53(2,3)17-27(59)26-9-10-33-55(5)18-28(63)47(56(6,24-62)32(55)11-12-58(33,8)57(26,7)14-16-59)84-51-46(38(69)37(68)30(21-60)78-51)83-49-42(73)40(71)44(31(22-61)79-49)81-35(66)20-54(4,75)19-34(65)80-43/h9,25,27-33,36-51,60-64,67-73,75H,10-24H2,1-8H3/t25-,27-,28-,29-,30+,31+,32+,33+,36-,37+,38-,39-,40+,41+,42+,43-,44-,45+,46+,47-,48-,49-,50-,51-,54?,55-,56-,57+,58+,59-/m0/s1. The van der Waals surface area contributed by atoms with Crippen LogP contribution in [0.3, 0.4) is 0 Å². The lowest BCUT2D eigenvalue weighted by atomic mass is 9.33. The van der Waals surface area contributed by atoms with Gasteiger partial charge >= 0.3 is 17.9 Å². The Bertz CT molecular complexity index is 2480. The van der Waals surface area contributed by atoms with Crippen LogP contribution in [-0.2, 0) is 61.8 Å². The number of carbonyl (C=O) groups excluding carboxylic acids is 3. The number of aliphatic hydroxyl groups excluding tert-OH is 12. The summed E-state index contributed by atoms with van der Waals surface area (Å²) in [6, 6.07) is 0. The maximum absolute atomic E-state index is 15.4. The summed E-state index contributed by atoms with van der Waals surface area (Å²) in [6.07, 6.45) is -31.4. The molecule has 26 heteroatoms. The van der Waals surface area contributed by atoms with Crippen LogP contribution >= 0.6 is 0 Å². The van der Waals surface area contributed by atoms with Gasteiger partial charge in [0.1, 0.15) is 67.1 Å². The third kappa shape index (κ3) is 11.0. The molecule has 13 N–H and O–H groups in total. The van der Waals surface area contributed by atoms with Gasteiger partial charge in [-0.15, -0.1) is 0 Å². The zero-order valence-electron chi connectivity index (χ0n) is 49.7. The van der Waals surface area contributed by atoms with Gasteiger partial charge in [-0.3, -0.25) is 14.4 Å². The van der Waals surface area contributed by atoms with E-state index in [1.165, 1.54) is 6.92 Å². The highest BCUT2D eigenvalue weighted by Gasteiger charge is 2.72. The summed E-state index contributed by atoms with van der Waals surface area (Å²) in [5, 5.41) is 148. The van der Waals surface area contributed by atoms with Crippen LogP contribution in [0.5, 0.6) is 0 Å². The molecule has 0 aromatic carbocycles. The first-order valence-electron chi connectivity index (χ1n) is 30.3. The zero-order chi connectivity index (χ0) is 62.1. The van der Waals surface area contributed by atoms with Crippen LogP contribution in [0.2, 0.25) is 0 Å². The van der Waals surface area contributed by atoms with Gasteiger partial charge in [0.25, 0.3) is 0 Å². The Hall–Kier alpha value is -2.65. The van der Waals surface area contributed by atoms with Gasteiger partial charge in [0.2, 0.25) is 6.29 Å². The largest absolute Gasteiger partial charge is 0.457 e. The Kier molecular flexibility index (Phi) is 18.1. The fourth-order valence-corrected chi connectivity index (χ4v) is 17.6. The van der Waals surface area contributed by atoms with E-state index in [1.807, 2.05) is 6.92 Å². The van der Waals surface area contributed by atoms with Gasteiger partial charge in [0.15, 0.2) is 37.2 Å². The third-order valence-electron chi connectivity index (χ3n) is 22.6. The van der Waals surface area contributed by atoms with Crippen LogP contribution in [0, 0.1) is 50.2 Å². The highest BCUT2D eigenvalue weighted by Crippen LogP contribution is 2.76. The molecule has 11 fully saturated rings. The number of allylic oxidation sites excluding steroid dienone is 2. The molecular weight excluding hydrogens is 1120 g/mol. The van der Waals surface area contributed by atoms with E-state index in [1.54, 1.807) is 0 Å². The fraction of sp³-hybridized carbons (Fsp3) is 0.915. The Labute approximate surface area is 493 Å². The van der Waals surface area contributed by atoms with Gasteiger partial charge in [-0.1, -0.05) is 53.2 Å². The average Bonchev–Trinajstić information content (AvgIpc) is 0.692. The molecule has 17 rings (SSSR count). The van der Waals surface area contributed by atoms with Gasteiger partial charge in [-0.2, -0.15) is 0 Å². The number of esters is 3. The summed E-state index contributed by atoms with van der Waals surface area (Å²) in [5.74, 6) is -3.82. The van der Waals surface area contributed by atoms with Crippen molar-refractivity contribution in [2.45, 2.75) is 261 Å². The summed E-state index contributed by atoms with van der Waals surface area (Å²) in [7, 11) is 0. The first-order chi connectivity index (χ1) is 39.7. The highest BCUT2D eigenvalue weighted by atomic mass is 16.8. The Balaban J connectivity index is 1.01. The van der Waals surface area contributed by atoms with Crippen LogP contribution in [0.25, 0.3) is 0 Å².